The summed E-state index contributed by atoms with van der Waals surface area (Å²) in [6, 6.07) is 11.5. The van der Waals surface area contributed by atoms with Crippen molar-refractivity contribution in [3.05, 3.63) is 77.8 Å². The van der Waals surface area contributed by atoms with Gasteiger partial charge in [-0.25, -0.2) is 8.42 Å². The fourth-order valence-corrected chi connectivity index (χ4v) is 10.2. The number of benzene rings is 2. The van der Waals surface area contributed by atoms with Crippen LogP contribution in [0.15, 0.2) is 70.4 Å². The molecule has 0 unspecified atom stereocenters. The normalized spacial score (nSPS) is 28.8. The van der Waals surface area contributed by atoms with Gasteiger partial charge in [-0.05, 0) is 61.6 Å². The highest BCUT2D eigenvalue weighted by molar-refractivity contribution is 7.89. The van der Waals surface area contributed by atoms with Crippen molar-refractivity contribution in [2.45, 2.75) is 59.8 Å². The van der Waals surface area contributed by atoms with Crippen molar-refractivity contribution in [3.63, 3.8) is 0 Å². The topological polar surface area (TPSA) is 113 Å². The predicted octanol–water partition coefficient (Wildman–Crippen LogP) is 3.44. The molecule has 1 amide bonds. The molecule has 2 fully saturated rings. The Labute approximate surface area is 257 Å². The standard InChI is InChI=1S/C33H37N3O7S/c1-34(2)23-7-5-6-8-26(23)44(39,40)36-17-16-32-29-22-10-11-25(41-4)30(29)43-31(32)24(13-15-33(32,38)27(36)19-22)35(3)28(37)12-9-21-14-18-42-20-21/h5-12,14,18,20,24,27,31,38H,13,15-17,19H2,1-4H3/b12-9-/t24-,27-,31+,32+,33-/m1/s1. The van der Waals surface area contributed by atoms with Gasteiger partial charge in [0.1, 0.15) is 11.0 Å². The highest BCUT2D eigenvalue weighted by Gasteiger charge is 2.74. The molecule has 3 aromatic rings. The number of amides is 1. The Bertz CT molecular complexity index is 1750. The van der Waals surface area contributed by atoms with E-state index < -0.39 is 33.2 Å². The monoisotopic (exact) mass is 619 g/mol. The molecule has 11 heteroatoms. The van der Waals surface area contributed by atoms with Crippen LogP contribution in [0.25, 0.3) is 6.08 Å². The lowest BCUT2D eigenvalue weighted by atomic mass is 9.48. The largest absolute Gasteiger partial charge is 0.493 e. The van der Waals surface area contributed by atoms with E-state index in [1.165, 1.54) is 10.4 Å². The number of nitrogens with zero attached hydrogens (tertiary/aromatic N) is 3. The summed E-state index contributed by atoms with van der Waals surface area (Å²) in [5, 5.41) is 12.9. The predicted molar refractivity (Wildman–Crippen MR) is 164 cm³/mol. The molecule has 1 saturated heterocycles. The van der Waals surface area contributed by atoms with E-state index in [0.29, 0.717) is 42.9 Å². The number of sulfonamides is 1. The molecule has 232 valence electrons. The number of likely N-dealkylation sites (N-methyl/N-ethyl adjacent to an activating group) is 1. The van der Waals surface area contributed by atoms with E-state index in [4.69, 9.17) is 13.9 Å². The maximum Gasteiger partial charge on any atom is 0.246 e. The molecule has 2 aliphatic heterocycles. The number of hydrogen-bond donors (Lipinski definition) is 1. The number of furan rings is 1. The number of methoxy groups -OCH3 is 1. The molecule has 3 heterocycles. The van der Waals surface area contributed by atoms with Gasteiger partial charge in [-0.15, -0.1) is 0 Å². The Morgan fingerprint density at radius 2 is 1.93 bits per heavy atom. The maximum absolute atomic E-state index is 14.4. The molecule has 4 aliphatic rings. The molecule has 1 N–H and O–H groups in total. The third-order valence-corrected chi connectivity index (χ3v) is 12.3. The Hall–Kier alpha value is -3.80. The third-order valence-electron chi connectivity index (χ3n) is 10.3. The molecule has 2 aliphatic carbocycles. The minimum absolute atomic E-state index is 0.197. The first-order valence-corrected chi connectivity index (χ1v) is 16.3. The first-order valence-electron chi connectivity index (χ1n) is 14.9. The van der Waals surface area contributed by atoms with Gasteiger partial charge in [-0.2, -0.15) is 4.31 Å². The van der Waals surface area contributed by atoms with Crippen molar-refractivity contribution in [3.8, 4) is 11.5 Å². The zero-order chi connectivity index (χ0) is 31.0. The van der Waals surface area contributed by atoms with E-state index in [0.717, 1.165) is 16.7 Å². The fraction of sp³-hybridized carbons (Fsp3) is 0.424. The summed E-state index contributed by atoms with van der Waals surface area (Å²) in [6.07, 6.45) is 7.17. The van der Waals surface area contributed by atoms with Gasteiger partial charge in [0.05, 0.1) is 48.4 Å². The van der Waals surface area contributed by atoms with Gasteiger partial charge in [0.15, 0.2) is 11.5 Å². The van der Waals surface area contributed by atoms with E-state index in [1.54, 1.807) is 66.8 Å². The van der Waals surface area contributed by atoms with Crippen molar-refractivity contribution in [2.75, 3.05) is 39.7 Å². The minimum atomic E-state index is -3.98. The third kappa shape index (κ3) is 3.85. The summed E-state index contributed by atoms with van der Waals surface area (Å²) < 4.78 is 48.0. The van der Waals surface area contributed by atoms with E-state index in [9.17, 15) is 18.3 Å². The minimum Gasteiger partial charge on any atom is -0.493 e. The Morgan fingerprint density at radius 1 is 1.14 bits per heavy atom. The van der Waals surface area contributed by atoms with Crippen LogP contribution in [-0.4, -0.2) is 87.2 Å². The lowest BCUT2D eigenvalue weighted by Crippen LogP contribution is -2.78. The van der Waals surface area contributed by atoms with Crippen LogP contribution in [0.4, 0.5) is 5.69 Å². The van der Waals surface area contributed by atoms with Gasteiger partial charge in [0.25, 0.3) is 0 Å². The molecule has 2 aromatic carbocycles. The van der Waals surface area contributed by atoms with Gasteiger partial charge in [0, 0.05) is 44.9 Å². The van der Waals surface area contributed by atoms with Gasteiger partial charge in [0.2, 0.25) is 15.9 Å². The first kappa shape index (κ1) is 28.9. The van der Waals surface area contributed by atoms with Crippen LogP contribution in [-0.2, 0) is 26.7 Å². The number of carbonyl (C=O) groups is 1. The summed E-state index contributed by atoms with van der Waals surface area (Å²) in [5.41, 5.74) is 0.861. The molecule has 44 heavy (non-hydrogen) atoms. The van der Waals surface area contributed by atoms with Crippen molar-refractivity contribution < 1.29 is 32.2 Å². The van der Waals surface area contributed by atoms with Crippen LogP contribution >= 0.6 is 0 Å². The summed E-state index contributed by atoms with van der Waals surface area (Å²) in [4.78, 5) is 17.1. The van der Waals surface area contributed by atoms with Crippen LogP contribution in [0.5, 0.6) is 11.5 Å². The van der Waals surface area contributed by atoms with Crippen LogP contribution in [0.1, 0.15) is 36.0 Å². The molecule has 0 radical (unpaired) electrons. The Balaban J connectivity index is 1.32. The van der Waals surface area contributed by atoms with Crippen LogP contribution in [0.3, 0.4) is 0 Å². The molecule has 2 bridgehead atoms. The second-order valence-electron chi connectivity index (χ2n) is 12.5. The molecule has 10 nitrogen and oxygen atoms in total. The molecular weight excluding hydrogens is 582 g/mol. The average molecular weight is 620 g/mol. The second kappa shape index (κ2) is 10.1. The number of para-hydroxylation sites is 1. The van der Waals surface area contributed by atoms with Crippen LogP contribution < -0.4 is 14.4 Å². The zero-order valence-electron chi connectivity index (χ0n) is 25.3. The lowest BCUT2D eigenvalue weighted by Gasteiger charge is -2.64. The number of piperidine rings is 1. The van der Waals surface area contributed by atoms with Crippen LogP contribution in [0.2, 0.25) is 0 Å². The number of carbonyl (C=O) groups excluding carboxylic acids is 1. The van der Waals surface area contributed by atoms with Gasteiger partial charge < -0.3 is 28.8 Å². The van der Waals surface area contributed by atoms with Gasteiger partial charge >= 0.3 is 0 Å². The fourth-order valence-electron chi connectivity index (χ4n) is 8.30. The number of anilines is 1. The van der Waals surface area contributed by atoms with E-state index in [2.05, 4.69) is 0 Å². The smallest absolute Gasteiger partial charge is 0.246 e. The number of rotatable bonds is 7. The SMILES string of the molecule is COc1ccc2c3c1O[C@H]1[C@H](N(C)C(=O)/C=C\c4ccoc4)CC[C@@]4(O)[C@@H](C2)N(S(=O)(=O)c2ccccc2N(C)C)CC[C@]314. The molecule has 7 rings (SSSR count). The van der Waals surface area contributed by atoms with Crippen molar-refractivity contribution in [1.82, 2.24) is 9.21 Å². The van der Waals surface area contributed by atoms with Gasteiger partial charge in [-0.1, -0.05) is 18.2 Å². The zero-order valence-corrected chi connectivity index (χ0v) is 26.1. The van der Waals surface area contributed by atoms with E-state index in [1.807, 2.05) is 32.3 Å². The molecule has 1 aromatic heterocycles. The van der Waals surface area contributed by atoms with E-state index in [-0.39, 0.29) is 23.4 Å². The quantitative estimate of drug-likeness (QED) is 0.401. The molecule has 1 saturated carbocycles. The van der Waals surface area contributed by atoms with E-state index >= 15 is 0 Å². The summed E-state index contributed by atoms with van der Waals surface area (Å²) in [7, 11) is 3.01. The molecule has 1 spiro atoms. The summed E-state index contributed by atoms with van der Waals surface area (Å²) in [5.74, 6) is 0.955. The van der Waals surface area contributed by atoms with Crippen molar-refractivity contribution >= 4 is 27.7 Å². The maximum atomic E-state index is 14.4. The molecule has 5 atom stereocenters. The second-order valence-corrected chi connectivity index (χ2v) is 14.3. The highest BCUT2D eigenvalue weighted by Crippen LogP contribution is 2.66. The number of hydrogen-bond acceptors (Lipinski definition) is 8. The highest BCUT2D eigenvalue weighted by atomic mass is 32.2. The van der Waals surface area contributed by atoms with Crippen LogP contribution in [0, 0.1) is 0 Å². The Morgan fingerprint density at radius 3 is 2.66 bits per heavy atom. The van der Waals surface area contributed by atoms with Gasteiger partial charge in [-0.3, -0.25) is 4.79 Å². The first-order chi connectivity index (χ1) is 21.0. The summed E-state index contributed by atoms with van der Waals surface area (Å²) >= 11 is 0. The molecular formula is C33H37N3O7S. The Kier molecular flexibility index (Phi) is 6.65. The number of aliphatic hydroxyl groups is 1. The summed E-state index contributed by atoms with van der Waals surface area (Å²) in [6.45, 7) is 0.206. The lowest BCUT2D eigenvalue weighted by molar-refractivity contribution is -0.186. The van der Waals surface area contributed by atoms with Crippen molar-refractivity contribution in [1.29, 1.82) is 0 Å². The average Bonchev–Trinajstić information content (AvgIpc) is 3.65. The number of ether oxygens (including phenoxy) is 2. The van der Waals surface area contributed by atoms with Crippen molar-refractivity contribution in [2.24, 2.45) is 0 Å².